The molecule has 0 aliphatic carbocycles. The van der Waals surface area contributed by atoms with Crippen LogP contribution in [-0.4, -0.2) is 24.1 Å². The first kappa shape index (κ1) is 19.2. The molecule has 0 fully saturated rings. The maximum atomic E-state index is 8.70. The highest BCUT2D eigenvalue weighted by Gasteiger charge is 2.22. The van der Waals surface area contributed by atoms with Gasteiger partial charge < -0.3 is 16.3 Å². The Morgan fingerprint density at radius 3 is 2.15 bits per heavy atom. The molecule has 0 aromatic heterocycles. The third-order valence-electron chi connectivity index (χ3n) is 3.91. The number of nitrogens with one attached hydrogen (secondary N) is 1. The van der Waals surface area contributed by atoms with Crippen LogP contribution in [0.5, 0.6) is 0 Å². The molecule has 0 radical (unpaired) electrons. The van der Waals surface area contributed by atoms with E-state index in [0.717, 1.165) is 32.4 Å². The van der Waals surface area contributed by atoms with Crippen molar-refractivity contribution in [1.82, 2.24) is 5.32 Å². The molecule has 120 valence electrons. The minimum Gasteiger partial charge on any atom is -0.409 e. The number of nitrogens with zero attached hydrogens (tertiary/aromatic N) is 1. The van der Waals surface area contributed by atoms with E-state index in [1.54, 1.807) is 0 Å². The average Bonchev–Trinajstić information content (AvgIpc) is 2.43. The van der Waals surface area contributed by atoms with Crippen molar-refractivity contribution in [2.75, 3.05) is 13.1 Å². The fourth-order valence-electron chi connectivity index (χ4n) is 2.24. The van der Waals surface area contributed by atoms with Gasteiger partial charge >= 0.3 is 0 Å². The second-order valence-corrected chi connectivity index (χ2v) is 6.34. The molecular formula is C16H35N3O. The van der Waals surface area contributed by atoms with Gasteiger partial charge in [-0.25, -0.2) is 0 Å². The summed E-state index contributed by atoms with van der Waals surface area (Å²) < 4.78 is 0. The van der Waals surface area contributed by atoms with Gasteiger partial charge in [-0.15, -0.1) is 0 Å². The third kappa shape index (κ3) is 10.1. The monoisotopic (exact) mass is 285 g/mol. The Kier molecular flexibility index (Phi) is 11.5. The number of unbranched alkanes of at least 4 members (excludes halogenated alkanes) is 6. The summed E-state index contributed by atoms with van der Waals surface area (Å²) in [7, 11) is 0. The normalized spacial score (nSPS) is 12.8. The van der Waals surface area contributed by atoms with Crippen molar-refractivity contribution < 1.29 is 5.21 Å². The van der Waals surface area contributed by atoms with Gasteiger partial charge in [-0.1, -0.05) is 64.5 Å². The van der Waals surface area contributed by atoms with E-state index in [-0.39, 0.29) is 5.41 Å². The molecule has 0 saturated heterocycles. The molecular weight excluding hydrogens is 250 g/mol. The van der Waals surface area contributed by atoms with Gasteiger partial charge in [0.05, 0.1) is 0 Å². The molecule has 0 aromatic rings. The van der Waals surface area contributed by atoms with E-state index in [9.17, 15) is 0 Å². The molecule has 0 aliphatic heterocycles. The van der Waals surface area contributed by atoms with Crippen molar-refractivity contribution in [1.29, 1.82) is 0 Å². The molecule has 0 saturated carbocycles. The molecule has 4 N–H and O–H groups in total. The van der Waals surface area contributed by atoms with Crippen molar-refractivity contribution in [3.63, 3.8) is 0 Å². The van der Waals surface area contributed by atoms with Crippen LogP contribution in [0.15, 0.2) is 5.16 Å². The third-order valence-corrected chi connectivity index (χ3v) is 3.91. The zero-order chi connectivity index (χ0) is 15.3. The summed E-state index contributed by atoms with van der Waals surface area (Å²) in [5.41, 5.74) is 5.47. The zero-order valence-corrected chi connectivity index (χ0v) is 13.7. The van der Waals surface area contributed by atoms with Gasteiger partial charge in [-0.2, -0.15) is 0 Å². The van der Waals surface area contributed by atoms with E-state index in [0.29, 0.717) is 5.84 Å². The Bertz CT molecular complexity index is 252. The van der Waals surface area contributed by atoms with E-state index >= 15 is 0 Å². The number of nitrogens with two attached hydrogens (primary N) is 1. The molecule has 0 spiro atoms. The highest BCUT2D eigenvalue weighted by Crippen LogP contribution is 2.23. The lowest BCUT2D eigenvalue weighted by atomic mass is 9.86. The molecule has 0 bridgehead atoms. The lowest BCUT2D eigenvalue weighted by Crippen LogP contribution is -2.32. The molecule has 0 aliphatic rings. The number of rotatable bonds is 13. The van der Waals surface area contributed by atoms with Gasteiger partial charge in [0, 0.05) is 5.41 Å². The molecule has 0 unspecified atom stereocenters. The van der Waals surface area contributed by atoms with Crippen LogP contribution in [0.3, 0.4) is 0 Å². The lowest BCUT2D eigenvalue weighted by molar-refractivity contribution is 0.304. The summed E-state index contributed by atoms with van der Waals surface area (Å²) in [5.74, 6) is 0.331. The molecule has 0 atom stereocenters. The number of amidine groups is 1. The minimum absolute atomic E-state index is 0.200. The van der Waals surface area contributed by atoms with Crippen LogP contribution in [0.2, 0.25) is 0 Å². The molecule has 4 nitrogen and oxygen atoms in total. The minimum atomic E-state index is -0.200. The van der Waals surface area contributed by atoms with Crippen LogP contribution in [0, 0.1) is 5.41 Å². The van der Waals surface area contributed by atoms with Crippen molar-refractivity contribution in [2.45, 2.75) is 78.6 Å². The second-order valence-electron chi connectivity index (χ2n) is 6.34. The largest absolute Gasteiger partial charge is 0.409 e. The topological polar surface area (TPSA) is 70.6 Å². The van der Waals surface area contributed by atoms with E-state index in [4.69, 9.17) is 10.9 Å². The van der Waals surface area contributed by atoms with Crippen LogP contribution in [0.25, 0.3) is 0 Å². The quantitative estimate of drug-likeness (QED) is 0.158. The first-order valence-corrected chi connectivity index (χ1v) is 8.23. The second kappa shape index (κ2) is 12.0. The Morgan fingerprint density at radius 1 is 1.00 bits per heavy atom. The molecule has 0 amide bonds. The summed E-state index contributed by atoms with van der Waals surface area (Å²) in [4.78, 5) is 0. The van der Waals surface area contributed by atoms with Gasteiger partial charge in [0.15, 0.2) is 0 Å². The Morgan fingerprint density at radius 2 is 1.55 bits per heavy atom. The Balaban J connectivity index is 3.33. The zero-order valence-electron chi connectivity index (χ0n) is 13.7. The fourth-order valence-corrected chi connectivity index (χ4v) is 2.24. The fraction of sp³-hybridized carbons (Fsp3) is 0.938. The average molecular weight is 285 g/mol. The number of oxime groups is 1. The summed E-state index contributed by atoms with van der Waals surface area (Å²) in [6.45, 7) is 8.50. The molecule has 4 heteroatoms. The van der Waals surface area contributed by atoms with Crippen LogP contribution in [0.4, 0.5) is 0 Å². The summed E-state index contributed by atoms with van der Waals surface area (Å²) >= 11 is 0. The van der Waals surface area contributed by atoms with Crippen LogP contribution in [-0.2, 0) is 0 Å². The predicted molar refractivity (Wildman–Crippen MR) is 87.3 cm³/mol. The van der Waals surface area contributed by atoms with Gasteiger partial charge in [-0.3, -0.25) is 0 Å². The van der Waals surface area contributed by atoms with E-state index < -0.39 is 0 Å². The van der Waals surface area contributed by atoms with Crippen LogP contribution < -0.4 is 11.1 Å². The SMILES string of the molecule is CCCCCCCCNCCCCC(C)(C)C(N)=NO. The lowest BCUT2D eigenvalue weighted by Gasteiger charge is -2.22. The van der Waals surface area contributed by atoms with Crippen LogP contribution in [0.1, 0.15) is 78.6 Å². The van der Waals surface area contributed by atoms with Crippen LogP contribution >= 0.6 is 0 Å². The van der Waals surface area contributed by atoms with Crippen molar-refractivity contribution in [2.24, 2.45) is 16.3 Å². The van der Waals surface area contributed by atoms with E-state index in [1.165, 1.54) is 38.5 Å². The maximum Gasteiger partial charge on any atom is 0.144 e. The van der Waals surface area contributed by atoms with Gasteiger partial charge in [0.2, 0.25) is 0 Å². The summed E-state index contributed by atoms with van der Waals surface area (Å²) in [5, 5.41) is 15.3. The summed E-state index contributed by atoms with van der Waals surface area (Å²) in [6, 6.07) is 0. The van der Waals surface area contributed by atoms with Crippen molar-refractivity contribution in [3.05, 3.63) is 0 Å². The van der Waals surface area contributed by atoms with Crippen molar-refractivity contribution in [3.8, 4) is 0 Å². The highest BCUT2D eigenvalue weighted by atomic mass is 16.4. The number of hydrogen-bond donors (Lipinski definition) is 3. The smallest absolute Gasteiger partial charge is 0.144 e. The first-order chi connectivity index (χ1) is 9.54. The predicted octanol–water partition coefficient (Wildman–Crippen LogP) is 3.88. The molecule has 20 heavy (non-hydrogen) atoms. The maximum absolute atomic E-state index is 8.70. The van der Waals surface area contributed by atoms with E-state index in [1.807, 2.05) is 13.8 Å². The number of hydrogen-bond acceptors (Lipinski definition) is 3. The van der Waals surface area contributed by atoms with Crippen molar-refractivity contribution >= 4 is 5.84 Å². The highest BCUT2D eigenvalue weighted by molar-refractivity contribution is 5.85. The Hall–Kier alpha value is -0.770. The van der Waals surface area contributed by atoms with E-state index in [2.05, 4.69) is 17.4 Å². The van der Waals surface area contributed by atoms with Gasteiger partial charge in [-0.05, 0) is 32.4 Å². The summed E-state index contributed by atoms with van der Waals surface area (Å²) in [6.07, 6.45) is 11.3. The molecule has 0 aromatic carbocycles. The van der Waals surface area contributed by atoms with Gasteiger partial charge in [0.25, 0.3) is 0 Å². The molecule has 0 heterocycles. The first-order valence-electron chi connectivity index (χ1n) is 8.23. The standard InChI is InChI=1S/C16H35N3O/c1-4-5-6-7-8-10-13-18-14-11-9-12-16(2,3)15(17)19-20/h18,20H,4-14H2,1-3H3,(H2,17,19). The molecule has 0 rings (SSSR count). The van der Waals surface area contributed by atoms with Gasteiger partial charge in [0.1, 0.15) is 5.84 Å². The Labute approximate surface area is 125 Å².